The fourth-order valence-electron chi connectivity index (χ4n) is 8.48. The predicted molar refractivity (Wildman–Crippen MR) is 151 cm³/mol. The third kappa shape index (κ3) is 4.98. The van der Waals surface area contributed by atoms with Crippen molar-refractivity contribution in [2.45, 2.75) is 86.6 Å². The Hall–Kier alpha value is -2.71. The van der Waals surface area contributed by atoms with Crippen LogP contribution in [0, 0.1) is 23.6 Å². The smallest absolute Gasteiger partial charge is 0.255 e. The van der Waals surface area contributed by atoms with Gasteiger partial charge in [-0.15, -0.1) is 11.8 Å². The van der Waals surface area contributed by atoms with E-state index in [0.29, 0.717) is 23.3 Å². The van der Waals surface area contributed by atoms with Gasteiger partial charge in [0.05, 0.1) is 0 Å². The molecule has 3 amide bonds. The molecule has 2 N–H and O–H groups in total. The van der Waals surface area contributed by atoms with E-state index in [0.717, 1.165) is 46.7 Å². The van der Waals surface area contributed by atoms with Gasteiger partial charge in [-0.3, -0.25) is 19.7 Å². The number of fused-ring (bicyclic) bond motifs is 1. The van der Waals surface area contributed by atoms with Crippen LogP contribution in [-0.4, -0.2) is 40.7 Å². The van der Waals surface area contributed by atoms with Gasteiger partial charge < -0.3 is 10.2 Å². The van der Waals surface area contributed by atoms with Crippen LogP contribution in [0.25, 0.3) is 0 Å². The van der Waals surface area contributed by atoms with Crippen molar-refractivity contribution in [1.82, 2.24) is 15.5 Å². The molecule has 8 rings (SSSR count). The van der Waals surface area contributed by atoms with Crippen molar-refractivity contribution < 1.29 is 18.8 Å². The van der Waals surface area contributed by atoms with Crippen LogP contribution in [0.2, 0.25) is 0 Å². The highest BCUT2D eigenvalue weighted by Gasteiger charge is 2.50. The van der Waals surface area contributed by atoms with E-state index in [1.807, 2.05) is 0 Å². The molecule has 210 valence electrons. The van der Waals surface area contributed by atoms with Crippen molar-refractivity contribution in [3.05, 3.63) is 64.5 Å². The van der Waals surface area contributed by atoms with E-state index in [1.54, 1.807) is 0 Å². The summed E-state index contributed by atoms with van der Waals surface area (Å²) in [5.74, 6) is 1.93. The number of rotatable bonds is 8. The maximum Gasteiger partial charge on any atom is 0.255 e. The van der Waals surface area contributed by atoms with Crippen LogP contribution < -0.4 is 10.6 Å². The summed E-state index contributed by atoms with van der Waals surface area (Å²) in [6.07, 6.45) is 10.0. The van der Waals surface area contributed by atoms with E-state index in [9.17, 15) is 18.8 Å². The molecule has 6 aliphatic rings. The summed E-state index contributed by atoms with van der Waals surface area (Å²) in [7, 11) is 0. The van der Waals surface area contributed by atoms with E-state index in [2.05, 4.69) is 34.9 Å². The highest BCUT2D eigenvalue weighted by atomic mass is 32.2. The molecule has 4 bridgehead atoms. The normalized spacial score (nSPS) is 30.6. The molecule has 4 aliphatic carbocycles. The van der Waals surface area contributed by atoms with Crippen LogP contribution >= 0.6 is 11.8 Å². The fraction of sp³-hybridized carbons (Fsp3) is 0.531. The lowest BCUT2D eigenvalue weighted by atomic mass is 9.53. The molecule has 0 radical (unpaired) electrons. The minimum atomic E-state index is -0.705. The van der Waals surface area contributed by atoms with Crippen molar-refractivity contribution in [1.29, 1.82) is 0 Å². The van der Waals surface area contributed by atoms with Crippen LogP contribution in [0.1, 0.15) is 78.4 Å². The van der Waals surface area contributed by atoms with Gasteiger partial charge >= 0.3 is 0 Å². The Balaban J connectivity index is 0.959. The first-order chi connectivity index (χ1) is 19.3. The SMILES string of the molecule is O=C1CCC(N2Cc3c(SCc4ccc(CCNC56CC7CC(CC(C7)C5)C6)cc4)cc(F)cc3C2=O)C(=O)N1. The summed E-state index contributed by atoms with van der Waals surface area (Å²) in [5, 5.41) is 6.31. The number of amides is 3. The van der Waals surface area contributed by atoms with Crippen LogP contribution in [-0.2, 0) is 28.3 Å². The Bertz CT molecular complexity index is 1320. The lowest BCUT2D eigenvalue weighted by Gasteiger charge is -2.57. The monoisotopic (exact) mass is 561 g/mol. The third-order valence-corrected chi connectivity index (χ3v) is 11.1. The van der Waals surface area contributed by atoms with Crippen LogP contribution in [0.15, 0.2) is 41.3 Å². The lowest BCUT2D eigenvalue weighted by molar-refractivity contribution is -0.136. The minimum Gasteiger partial charge on any atom is -0.322 e. The number of nitrogens with one attached hydrogen (secondary N) is 2. The number of imide groups is 1. The summed E-state index contributed by atoms with van der Waals surface area (Å²) in [5.41, 5.74) is 3.93. The summed E-state index contributed by atoms with van der Waals surface area (Å²) >= 11 is 1.51. The third-order valence-electron chi connectivity index (χ3n) is 9.95. The van der Waals surface area contributed by atoms with Gasteiger partial charge in [0, 0.05) is 34.7 Å². The lowest BCUT2D eigenvalue weighted by Crippen LogP contribution is -2.58. The molecule has 0 aromatic heterocycles. The highest BCUT2D eigenvalue weighted by molar-refractivity contribution is 7.98. The number of thioether (sulfide) groups is 1. The molecule has 1 atom stereocenters. The highest BCUT2D eigenvalue weighted by Crippen LogP contribution is 2.55. The van der Waals surface area contributed by atoms with E-state index >= 15 is 0 Å². The molecular weight excluding hydrogens is 525 g/mol. The number of piperidine rings is 1. The van der Waals surface area contributed by atoms with Gasteiger partial charge in [-0.25, -0.2) is 4.39 Å². The average Bonchev–Trinajstić information content (AvgIpc) is 3.23. The molecule has 2 aromatic rings. The van der Waals surface area contributed by atoms with Gasteiger partial charge in [-0.2, -0.15) is 0 Å². The number of benzene rings is 2. The van der Waals surface area contributed by atoms with Gasteiger partial charge in [-0.1, -0.05) is 24.3 Å². The summed E-state index contributed by atoms with van der Waals surface area (Å²) < 4.78 is 14.5. The average molecular weight is 562 g/mol. The van der Waals surface area contributed by atoms with Crippen LogP contribution in [0.3, 0.4) is 0 Å². The quantitative estimate of drug-likeness (QED) is 0.351. The molecule has 2 heterocycles. The number of carbonyl (C=O) groups excluding carboxylic acids is 3. The number of carbonyl (C=O) groups is 3. The van der Waals surface area contributed by atoms with E-state index in [1.165, 1.54) is 72.9 Å². The molecule has 6 nitrogen and oxygen atoms in total. The van der Waals surface area contributed by atoms with Gasteiger partial charge in [0.2, 0.25) is 11.8 Å². The first kappa shape index (κ1) is 26.2. The first-order valence-corrected chi connectivity index (χ1v) is 15.8. The zero-order chi connectivity index (χ0) is 27.4. The van der Waals surface area contributed by atoms with Crippen molar-refractivity contribution >= 4 is 29.5 Å². The zero-order valence-electron chi connectivity index (χ0n) is 22.7. The Morgan fingerprint density at radius 1 is 0.975 bits per heavy atom. The maximum atomic E-state index is 14.5. The van der Waals surface area contributed by atoms with Gasteiger partial charge in [-0.05, 0) is 104 Å². The van der Waals surface area contributed by atoms with Crippen molar-refractivity contribution in [2.24, 2.45) is 17.8 Å². The zero-order valence-corrected chi connectivity index (χ0v) is 23.5. The second-order valence-corrected chi connectivity index (χ2v) is 13.8. The standard InChI is InChI=1S/C32H36FN3O3S/c33-24-12-25-26(17-36(31(25)39)27-5-6-29(37)35-30(27)38)28(13-24)40-18-20-3-1-19(2-4-20)7-8-34-32-14-21-9-22(15-32)11-23(10-21)16-32/h1-4,12-13,21-23,27,34H,5-11,14-18H2,(H,35,37,38). The molecule has 4 saturated carbocycles. The van der Waals surface area contributed by atoms with Crippen molar-refractivity contribution in [2.75, 3.05) is 6.54 Å². The van der Waals surface area contributed by atoms with Crippen molar-refractivity contribution in [3.63, 3.8) is 0 Å². The van der Waals surface area contributed by atoms with Gasteiger partial charge in [0.1, 0.15) is 11.9 Å². The van der Waals surface area contributed by atoms with Crippen LogP contribution in [0.4, 0.5) is 4.39 Å². The molecule has 8 heteroatoms. The topological polar surface area (TPSA) is 78.5 Å². The fourth-order valence-corrected chi connectivity index (χ4v) is 9.54. The number of hydrogen-bond donors (Lipinski definition) is 2. The van der Waals surface area contributed by atoms with E-state index in [-0.39, 0.29) is 24.8 Å². The molecule has 1 saturated heterocycles. The Kier molecular flexibility index (Phi) is 6.74. The Morgan fingerprint density at radius 2 is 1.65 bits per heavy atom. The van der Waals surface area contributed by atoms with Crippen molar-refractivity contribution in [3.8, 4) is 0 Å². The molecular formula is C32H36FN3O3S. The van der Waals surface area contributed by atoms with E-state index in [4.69, 9.17) is 0 Å². The summed E-state index contributed by atoms with van der Waals surface area (Å²) in [6, 6.07) is 10.7. The number of nitrogens with zero attached hydrogens (tertiary/aromatic N) is 1. The summed E-state index contributed by atoms with van der Waals surface area (Å²) in [6.45, 7) is 1.27. The number of hydrogen-bond acceptors (Lipinski definition) is 5. The molecule has 5 fully saturated rings. The second-order valence-electron chi connectivity index (χ2n) is 12.8. The maximum absolute atomic E-state index is 14.5. The molecule has 40 heavy (non-hydrogen) atoms. The molecule has 0 spiro atoms. The minimum absolute atomic E-state index is 0.195. The summed E-state index contributed by atoms with van der Waals surface area (Å²) in [4.78, 5) is 39.2. The molecule has 1 unspecified atom stereocenters. The Morgan fingerprint density at radius 3 is 2.33 bits per heavy atom. The van der Waals surface area contributed by atoms with Gasteiger partial charge in [0.25, 0.3) is 5.91 Å². The van der Waals surface area contributed by atoms with E-state index < -0.39 is 17.8 Å². The predicted octanol–water partition coefficient (Wildman–Crippen LogP) is 4.98. The van der Waals surface area contributed by atoms with Crippen LogP contribution in [0.5, 0.6) is 0 Å². The molecule has 2 aromatic carbocycles. The Labute approximate surface area is 238 Å². The second kappa shape index (κ2) is 10.3. The largest absolute Gasteiger partial charge is 0.322 e. The first-order valence-electron chi connectivity index (χ1n) is 14.8. The number of halogens is 1. The molecule has 2 aliphatic heterocycles. The van der Waals surface area contributed by atoms with Gasteiger partial charge in [0.15, 0.2) is 0 Å².